The second kappa shape index (κ2) is 8.68. The molecular weight excluding hydrogens is 395 g/mol. The van der Waals surface area contributed by atoms with Gasteiger partial charge in [-0.1, -0.05) is 12.1 Å². The summed E-state index contributed by atoms with van der Waals surface area (Å²) < 4.78 is 26.3. The number of likely N-dealkylation sites (tertiary alicyclic amines) is 1. The second-order valence-electron chi connectivity index (χ2n) is 8.57. The molecule has 1 aliphatic heterocycles. The summed E-state index contributed by atoms with van der Waals surface area (Å²) in [7, 11) is 3.11. The summed E-state index contributed by atoms with van der Waals surface area (Å²) in [6, 6.07) is 13.3. The highest BCUT2D eigenvalue weighted by atomic mass is 19.1. The molecule has 6 heteroatoms. The molecule has 0 radical (unpaired) electrons. The average Bonchev–Trinajstić information content (AvgIpc) is 3.08. The lowest BCUT2D eigenvalue weighted by Gasteiger charge is -2.37. The average molecular weight is 423 g/mol. The largest absolute Gasteiger partial charge is 0.493 e. The van der Waals surface area contributed by atoms with Gasteiger partial charge in [-0.2, -0.15) is 5.26 Å². The quantitative estimate of drug-likeness (QED) is 0.694. The molecule has 31 heavy (non-hydrogen) atoms. The van der Waals surface area contributed by atoms with Crippen LogP contribution >= 0.6 is 0 Å². The van der Waals surface area contributed by atoms with E-state index in [1.54, 1.807) is 26.4 Å². The molecule has 1 aliphatic carbocycles. The highest BCUT2D eigenvalue weighted by Crippen LogP contribution is 2.42. The van der Waals surface area contributed by atoms with Crippen LogP contribution in [0.3, 0.4) is 0 Å². The molecule has 0 spiro atoms. The van der Waals surface area contributed by atoms with Crippen molar-refractivity contribution in [2.45, 2.75) is 37.9 Å². The number of methoxy groups -OCH3 is 2. The van der Waals surface area contributed by atoms with Crippen LogP contribution in [0.2, 0.25) is 0 Å². The van der Waals surface area contributed by atoms with Crippen LogP contribution in [0, 0.1) is 17.2 Å². The van der Waals surface area contributed by atoms with E-state index in [0.29, 0.717) is 61.5 Å². The predicted molar refractivity (Wildman–Crippen MR) is 115 cm³/mol. The maximum atomic E-state index is 15.7. The van der Waals surface area contributed by atoms with Crippen LogP contribution in [-0.2, 0) is 13.0 Å². The minimum absolute atomic E-state index is 0.00345. The number of ether oxygens (including phenoxy) is 2. The van der Waals surface area contributed by atoms with Gasteiger partial charge in [0.25, 0.3) is 0 Å². The van der Waals surface area contributed by atoms with Gasteiger partial charge in [0.05, 0.1) is 25.9 Å². The van der Waals surface area contributed by atoms with E-state index in [2.05, 4.69) is 11.0 Å². The zero-order valence-electron chi connectivity index (χ0n) is 18.0. The maximum absolute atomic E-state index is 15.7. The van der Waals surface area contributed by atoms with Crippen molar-refractivity contribution < 1.29 is 18.7 Å². The highest BCUT2D eigenvalue weighted by molar-refractivity contribution is 6.03. The molecule has 0 aromatic heterocycles. The van der Waals surface area contributed by atoms with E-state index in [-0.39, 0.29) is 18.1 Å². The molecule has 0 saturated carbocycles. The van der Waals surface area contributed by atoms with Crippen LogP contribution in [0.4, 0.5) is 4.39 Å². The molecule has 2 aromatic rings. The van der Waals surface area contributed by atoms with Crippen LogP contribution in [0.1, 0.15) is 46.3 Å². The molecule has 0 bridgehead atoms. The fourth-order valence-electron chi connectivity index (χ4n) is 4.82. The van der Waals surface area contributed by atoms with E-state index in [4.69, 9.17) is 14.7 Å². The van der Waals surface area contributed by atoms with Crippen molar-refractivity contribution in [2.75, 3.05) is 27.3 Å². The molecule has 0 amide bonds. The van der Waals surface area contributed by atoms with Crippen LogP contribution in [-0.4, -0.2) is 43.7 Å². The summed E-state index contributed by atoms with van der Waals surface area (Å²) in [6.45, 7) is 1.99. The smallest absolute Gasteiger partial charge is 0.166 e. The lowest BCUT2D eigenvalue weighted by molar-refractivity contribution is 0.0336. The minimum Gasteiger partial charge on any atom is -0.493 e. The zero-order chi connectivity index (χ0) is 22.0. The summed E-state index contributed by atoms with van der Waals surface area (Å²) in [5.41, 5.74) is 1.91. The first-order valence-electron chi connectivity index (χ1n) is 10.6. The van der Waals surface area contributed by atoms with E-state index in [1.165, 1.54) is 0 Å². The zero-order valence-corrected chi connectivity index (χ0v) is 18.0. The van der Waals surface area contributed by atoms with Crippen molar-refractivity contribution in [3.63, 3.8) is 0 Å². The molecule has 2 aromatic carbocycles. The minimum atomic E-state index is -1.33. The van der Waals surface area contributed by atoms with E-state index >= 15 is 4.39 Å². The number of alkyl halides is 1. The van der Waals surface area contributed by atoms with Gasteiger partial charge in [-0.25, -0.2) is 4.39 Å². The van der Waals surface area contributed by atoms with Crippen molar-refractivity contribution in [2.24, 2.45) is 5.92 Å². The predicted octanol–water partition coefficient (Wildman–Crippen LogP) is 4.32. The first-order chi connectivity index (χ1) is 14.9. The summed E-state index contributed by atoms with van der Waals surface area (Å²) in [4.78, 5) is 15.2. The molecule has 4 rings (SSSR count). The standard InChI is InChI=1S/C25H27FN2O3/c1-30-22-12-19-11-20(24(29)21(19)13-23(22)31-2)14-25(26)6-8-28(9-7-25)16-18-5-3-4-17(10-18)15-27/h3-5,10,12-13,20H,6-9,11,14,16H2,1-2H3. The molecule has 0 N–H and O–H groups in total. The molecule has 1 fully saturated rings. The van der Waals surface area contributed by atoms with Gasteiger partial charge < -0.3 is 9.47 Å². The van der Waals surface area contributed by atoms with Crippen LogP contribution < -0.4 is 9.47 Å². The number of ketones is 1. The van der Waals surface area contributed by atoms with Crippen molar-refractivity contribution in [1.29, 1.82) is 5.26 Å². The monoisotopic (exact) mass is 422 g/mol. The van der Waals surface area contributed by atoms with Crippen LogP contribution in [0.5, 0.6) is 11.5 Å². The maximum Gasteiger partial charge on any atom is 0.166 e. The fourth-order valence-corrected chi connectivity index (χ4v) is 4.82. The molecule has 1 atom stereocenters. The first kappa shape index (κ1) is 21.3. The number of fused-ring (bicyclic) bond motifs is 1. The highest BCUT2D eigenvalue weighted by Gasteiger charge is 2.41. The van der Waals surface area contributed by atoms with E-state index in [9.17, 15) is 4.79 Å². The van der Waals surface area contributed by atoms with Gasteiger partial charge in [0.2, 0.25) is 0 Å². The van der Waals surface area contributed by atoms with Crippen molar-refractivity contribution in [3.8, 4) is 17.6 Å². The molecule has 2 aliphatic rings. The number of benzene rings is 2. The second-order valence-corrected chi connectivity index (χ2v) is 8.57. The van der Waals surface area contributed by atoms with Gasteiger partial charge in [0, 0.05) is 31.1 Å². The van der Waals surface area contributed by atoms with E-state index in [1.807, 2.05) is 24.3 Å². The summed E-state index contributed by atoms with van der Waals surface area (Å²) in [5.74, 6) is 0.789. The Morgan fingerprint density at radius 1 is 1.16 bits per heavy atom. The number of carbonyl (C=O) groups excluding carboxylic acids is 1. The number of piperidine rings is 1. The SMILES string of the molecule is COc1cc2c(cc1OC)C(=O)C(CC1(F)CCN(Cc3cccc(C#N)c3)CC1)C2. The molecule has 162 valence electrons. The topological polar surface area (TPSA) is 62.6 Å². The van der Waals surface area contributed by atoms with Crippen LogP contribution in [0.25, 0.3) is 0 Å². The lowest BCUT2D eigenvalue weighted by atomic mass is 9.82. The number of Topliss-reactive ketones (excluding diaryl/α,β-unsaturated/α-hetero) is 1. The van der Waals surface area contributed by atoms with Crippen LogP contribution in [0.15, 0.2) is 36.4 Å². The summed E-state index contributed by atoms with van der Waals surface area (Å²) in [6.07, 6.45) is 1.63. The number of halogens is 1. The molecule has 5 nitrogen and oxygen atoms in total. The number of rotatable bonds is 6. The third-order valence-electron chi connectivity index (χ3n) is 6.54. The third kappa shape index (κ3) is 4.42. The lowest BCUT2D eigenvalue weighted by Crippen LogP contribution is -2.42. The Labute approximate surface area is 182 Å². The van der Waals surface area contributed by atoms with E-state index in [0.717, 1.165) is 11.1 Å². The Balaban J connectivity index is 1.38. The van der Waals surface area contributed by atoms with Gasteiger partial charge >= 0.3 is 0 Å². The Hall–Kier alpha value is -2.91. The van der Waals surface area contributed by atoms with Gasteiger partial charge in [0.1, 0.15) is 5.67 Å². The number of nitrogens with zero attached hydrogens (tertiary/aromatic N) is 2. The normalized spacial score (nSPS) is 20.2. The fraction of sp³-hybridized carbons (Fsp3) is 0.440. The molecule has 1 saturated heterocycles. The van der Waals surface area contributed by atoms with E-state index < -0.39 is 5.67 Å². The Kier molecular flexibility index (Phi) is 5.97. The number of carbonyl (C=O) groups is 1. The van der Waals surface area contributed by atoms with Gasteiger partial charge in [0.15, 0.2) is 17.3 Å². The summed E-state index contributed by atoms with van der Waals surface area (Å²) >= 11 is 0. The Morgan fingerprint density at radius 2 is 1.87 bits per heavy atom. The molecule has 1 heterocycles. The van der Waals surface area contributed by atoms with Crippen molar-refractivity contribution in [3.05, 3.63) is 58.7 Å². The van der Waals surface area contributed by atoms with Crippen molar-refractivity contribution in [1.82, 2.24) is 4.90 Å². The van der Waals surface area contributed by atoms with Gasteiger partial charge in [-0.15, -0.1) is 0 Å². The Bertz CT molecular complexity index is 1020. The first-order valence-corrected chi connectivity index (χ1v) is 10.6. The molecule has 1 unspecified atom stereocenters. The Morgan fingerprint density at radius 3 is 2.55 bits per heavy atom. The summed E-state index contributed by atoms with van der Waals surface area (Å²) in [5, 5.41) is 9.06. The molecular formula is C25H27FN2O3. The van der Waals surface area contributed by atoms with Gasteiger partial charge in [-0.05, 0) is 61.1 Å². The number of hydrogen-bond acceptors (Lipinski definition) is 5. The van der Waals surface area contributed by atoms with Gasteiger partial charge in [-0.3, -0.25) is 9.69 Å². The van der Waals surface area contributed by atoms with Crippen molar-refractivity contribution >= 4 is 5.78 Å². The number of nitriles is 1. The third-order valence-corrected chi connectivity index (χ3v) is 6.54. The number of hydrogen-bond donors (Lipinski definition) is 0.